The van der Waals surface area contributed by atoms with Crippen LogP contribution in [0.3, 0.4) is 0 Å². The Morgan fingerprint density at radius 1 is 0.291 bits per heavy atom. The van der Waals surface area contributed by atoms with E-state index in [0.29, 0.717) is 65.6 Å². The third-order valence-electron chi connectivity index (χ3n) is 54.4. The number of hydrogen-bond acceptors (Lipinski definition) is 4. The molecular weight excluding hydrogens is 1970 g/mol. The second kappa shape index (κ2) is 53.6. The molecule has 20 aliphatic rings. The van der Waals surface area contributed by atoms with Crippen LogP contribution in [0, 0.1) is 261 Å². The molecule has 0 saturated heterocycles. The summed E-state index contributed by atoms with van der Waals surface area (Å²) in [5.74, 6) is 33.5. The van der Waals surface area contributed by atoms with E-state index >= 15 is 0 Å². The standard InChI is InChI=1S/C27H47Cl.C27H47I.C27H47N3.C27H49N.C27H48O.ClH.N3.H3N.Na/c2*1-18(2)7-6-8-19(3)23-11-12-24-22-10-9-20-17-21(28)13-15-26(20,4)25(22)14-16-27(23,24)5;1-18(2)7-6-8-19(3)23-11-12-24-22-10-9-20-17-21(29-30-28)13-15-26(20,4)25(22)14-16-27(23,24)5;2*1-18(2)7-6-8-19(3)23-11-12-24-22-10-9-20-17-21(28)13-15-26(20,4)25(22)14-16-27(23,24)5;;1-3-2;;/h2*18-25H,6-17H2,1-5H3;18-25H,6-17H2,1-5H3;18-25H,6-17,28H2,1-5H3;18-25,28H,6-17H2,1-5H3;1H;;1H3;/q;;;;;;-1;;+1/t19-,20+,21+,22+,23-,24+,25+,26+,27-;19-,20+,21-,22+,23-,24+,25+,26+,27-;3*19-,20+,21+,22+,23-,24+,25+,26+,27-;;;;/m11111..../s1. The van der Waals surface area contributed by atoms with E-state index < -0.39 is 0 Å². The molecule has 0 bridgehead atoms. The van der Waals surface area contributed by atoms with E-state index in [4.69, 9.17) is 33.9 Å². The van der Waals surface area contributed by atoms with Crippen LogP contribution in [0.4, 0.5) is 0 Å². The normalized spacial score (nSPS) is 46.9. The van der Waals surface area contributed by atoms with Gasteiger partial charge in [-0.1, -0.05) is 297 Å². The van der Waals surface area contributed by atoms with Crippen molar-refractivity contribution in [2.75, 3.05) is 0 Å². The summed E-state index contributed by atoms with van der Waals surface area (Å²) in [5, 5.41) is 14.8. The third-order valence-corrected chi connectivity index (χ3v) is 55.9. The van der Waals surface area contributed by atoms with Crippen LogP contribution in [0.25, 0.3) is 26.4 Å². The number of aliphatic hydroxyl groups excluding tert-OH is 1. The minimum absolute atomic E-state index is 0. The Balaban J connectivity index is 0.000000162. The first-order chi connectivity index (χ1) is 68.7. The van der Waals surface area contributed by atoms with Crippen molar-refractivity contribution in [2.45, 2.75) is 586 Å². The minimum Gasteiger partial charge on any atom is -0.393 e. The van der Waals surface area contributed by atoms with Gasteiger partial charge in [0.1, 0.15) is 0 Å². The summed E-state index contributed by atoms with van der Waals surface area (Å²) in [7, 11) is 0. The molecule has 20 rings (SSSR count). The molecular formula is C135H242Cl2IN8NaO. The van der Waals surface area contributed by atoms with Crippen molar-refractivity contribution < 1.29 is 34.7 Å². The smallest absolute Gasteiger partial charge is 0.393 e. The zero-order valence-corrected chi connectivity index (χ0v) is 108. The monoisotopic (exact) mass is 2210 g/mol. The summed E-state index contributed by atoms with van der Waals surface area (Å²) in [6, 6.07) is 0.757. The average molecular weight is 2210 g/mol. The van der Waals surface area contributed by atoms with Gasteiger partial charge in [-0.3, -0.25) is 4.91 Å². The molecule has 20 fully saturated rings. The third kappa shape index (κ3) is 26.4. The Morgan fingerprint density at radius 2 is 0.520 bits per heavy atom. The quantitative estimate of drug-likeness (QED) is 0.0194. The molecule has 0 spiro atoms. The minimum atomic E-state index is -0.00830. The molecule has 13 heteroatoms. The molecule has 850 valence electrons. The van der Waals surface area contributed by atoms with Crippen LogP contribution in [0.2, 0.25) is 0 Å². The zero-order valence-electron chi connectivity index (χ0n) is 102. The topological polar surface area (TPSA) is 189 Å². The van der Waals surface area contributed by atoms with E-state index in [1.807, 2.05) is 0 Å². The molecule has 0 aromatic carbocycles. The van der Waals surface area contributed by atoms with Crippen LogP contribution in [0.5, 0.6) is 0 Å². The van der Waals surface area contributed by atoms with Gasteiger partial charge in [0.2, 0.25) is 0 Å². The zero-order chi connectivity index (χ0) is 105. The Kier molecular flexibility index (Phi) is 46.1. The summed E-state index contributed by atoms with van der Waals surface area (Å²) in [4.78, 5) is 4.63. The molecule has 0 heterocycles. The van der Waals surface area contributed by atoms with E-state index in [9.17, 15) is 5.11 Å². The van der Waals surface area contributed by atoms with Crippen molar-refractivity contribution >= 4 is 46.6 Å². The average Bonchev–Trinajstić information content (AvgIpc) is 1.50. The number of azide groups is 1. The van der Waals surface area contributed by atoms with Crippen molar-refractivity contribution in [2.24, 2.45) is 272 Å². The molecule has 148 heavy (non-hydrogen) atoms. The molecule has 6 N–H and O–H groups in total. The summed E-state index contributed by atoms with van der Waals surface area (Å²) in [5.41, 5.74) is 34.9. The van der Waals surface area contributed by atoms with Gasteiger partial charge in [0, 0.05) is 26.3 Å². The number of rotatable bonds is 26. The molecule has 45 atom stereocenters. The maximum atomic E-state index is 10.3. The largest absolute Gasteiger partial charge is 1.00 e. The molecule has 0 radical (unpaired) electrons. The van der Waals surface area contributed by atoms with Crippen LogP contribution >= 0.6 is 46.6 Å². The maximum absolute atomic E-state index is 10.3. The Bertz CT molecular complexity index is 3730. The SMILES string of the molecule is CC(C)CCC[C@@H](C)[C@H]1CC[C@H]2[C@@H]3CC[C@H]4C[C@@H](Cl)CC[C@]4(C)[C@H]3CC[C@]12C.CC(C)CCC[C@@H](C)[C@H]1CC[C@H]2[C@@H]3CC[C@H]4C[C@@H](N)CC[C@]4(C)[C@H]3CC[C@]12C.CC(C)CCC[C@@H](C)[C@H]1CC[C@H]2[C@@H]3CC[C@H]4C[C@@H](N=[N+]=[N-])CC[C@]4(C)[C@H]3CC[C@]12C.CC(C)CCC[C@@H](C)[C@H]1CC[C@H]2[C@@H]3CC[C@H]4C[C@@H](O)CC[C@]4(C)[C@H]3CC[C@]12C.CC(C)CCC[C@@H](C)[C@H]1CC[C@H]2[C@@H]3CC[C@H]4C[C@H](I)CC[C@]4(C)[C@H]3CC[C@]12C.Cl.N.[N-]=[N+]=[N-].[Na+]. The predicted molar refractivity (Wildman–Crippen MR) is 642 cm³/mol. The second-order valence-electron chi connectivity index (χ2n) is 63.4. The molecule has 0 aliphatic heterocycles. The van der Waals surface area contributed by atoms with Gasteiger partial charge in [0.15, 0.2) is 0 Å². The van der Waals surface area contributed by atoms with E-state index in [1.165, 1.54) is 326 Å². The molecule has 9 nitrogen and oxygen atoms in total. The van der Waals surface area contributed by atoms with Gasteiger partial charge < -0.3 is 28.1 Å². The van der Waals surface area contributed by atoms with Gasteiger partial charge in [-0.25, -0.2) is 0 Å². The van der Waals surface area contributed by atoms with Crippen LogP contribution in [-0.4, -0.2) is 32.6 Å². The van der Waals surface area contributed by atoms with E-state index in [1.54, 1.807) is 38.5 Å². The number of fused-ring (bicyclic) bond motifs is 25. The van der Waals surface area contributed by atoms with Gasteiger partial charge in [-0.05, 0) is 556 Å². The van der Waals surface area contributed by atoms with Gasteiger partial charge >= 0.3 is 29.6 Å². The fraction of sp³-hybridized carbons (Fsp3) is 1.00. The van der Waals surface area contributed by atoms with Gasteiger partial charge in [0.25, 0.3) is 0 Å². The Labute approximate surface area is 963 Å². The fourth-order valence-electron chi connectivity index (χ4n) is 46.5. The van der Waals surface area contributed by atoms with Crippen molar-refractivity contribution in [1.29, 1.82) is 0 Å². The van der Waals surface area contributed by atoms with E-state index in [0.717, 1.165) is 237 Å². The predicted octanol–water partition coefficient (Wildman–Crippen LogP) is 39.8. The van der Waals surface area contributed by atoms with Crippen LogP contribution in [0.15, 0.2) is 5.11 Å². The Morgan fingerprint density at radius 3 is 0.804 bits per heavy atom. The Hall–Kier alpha value is 0.810. The summed E-state index contributed by atoms with van der Waals surface area (Å²) >= 11 is 9.35. The first kappa shape index (κ1) is 127. The molecule has 0 amide bonds. The second-order valence-corrected chi connectivity index (χ2v) is 65.7. The van der Waals surface area contributed by atoms with Crippen LogP contribution < -0.4 is 41.4 Å². The van der Waals surface area contributed by atoms with Crippen LogP contribution in [-0.2, 0) is 0 Å². The number of hydrogen-bond donors (Lipinski definition) is 3. The first-order valence-corrected chi connectivity index (χ1v) is 67.1. The van der Waals surface area contributed by atoms with Crippen molar-refractivity contribution in [1.82, 2.24) is 6.15 Å². The van der Waals surface area contributed by atoms with Crippen molar-refractivity contribution in [3.8, 4) is 0 Å². The number of nitrogens with two attached hydrogens (primary N) is 1. The number of alkyl halides is 2. The number of aliphatic hydroxyl groups is 1. The van der Waals surface area contributed by atoms with Gasteiger partial charge in [-0.2, -0.15) is 0 Å². The number of halogens is 3. The summed E-state index contributed by atoms with van der Waals surface area (Å²) in [6.07, 6.45) is 86.3. The molecule has 0 aromatic rings. The van der Waals surface area contributed by atoms with Gasteiger partial charge in [0.05, 0.1) is 6.10 Å². The number of nitrogens with zero attached hydrogens (tertiary/aromatic N) is 6. The van der Waals surface area contributed by atoms with Gasteiger partial charge in [-0.15, -0.1) is 24.0 Å². The fourth-order valence-corrected chi connectivity index (χ4v) is 47.7. The maximum Gasteiger partial charge on any atom is 1.00 e. The van der Waals surface area contributed by atoms with Crippen molar-refractivity contribution in [3.63, 3.8) is 0 Å². The molecule has 0 unspecified atom stereocenters. The molecule has 0 aromatic heterocycles. The van der Waals surface area contributed by atoms with Crippen molar-refractivity contribution in [3.05, 3.63) is 26.4 Å². The van der Waals surface area contributed by atoms with E-state index in [-0.39, 0.29) is 60.3 Å². The summed E-state index contributed by atoms with van der Waals surface area (Å²) < 4.78 is 0.962. The molecule has 20 saturated carbocycles. The molecule has 20 aliphatic carbocycles. The summed E-state index contributed by atoms with van der Waals surface area (Å²) in [6.45, 7) is 63.8. The van der Waals surface area contributed by atoms with E-state index in [2.05, 4.69) is 206 Å². The van der Waals surface area contributed by atoms with Crippen LogP contribution in [0.1, 0.15) is 558 Å². The first-order valence-electron chi connectivity index (χ1n) is 65.5.